The van der Waals surface area contributed by atoms with Crippen LogP contribution in [-0.4, -0.2) is 17.2 Å². The monoisotopic (exact) mass is 336 g/mol. The van der Waals surface area contributed by atoms with E-state index >= 15 is 0 Å². The number of hydrogen-bond donors (Lipinski definition) is 2. The Bertz CT molecular complexity index is 684. The fraction of sp³-hybridized carbons (Fsp3) is 0.250. The second-order valence-corrected chi connectivity index (χ2v) is 6.24. The predicted octanol–water partition coefficient (Wildman–Crippen LogP) is 4.26. The molecular formula is C16H17ClN2O2S. The van der Waals surface area contributed by atoms with Gasteiger partial charge in [0.25, 0.3) is 5.91 Å². The van der Waals surface area contributed by atoms with E-state index in [1.54, 1.807) is 11.4 Å². The van der Waals surface area contributed by atoms with Crippen LogP contribution in [0, 0.1) is 6.92 Å². The van der Waals surface area contributed by atoms with Crippen molar-refractivity contribution in [3.63, 3.8) is 0 Å². The van der Waals surface area contributed by atoms with Crippen LogP contribution in [0.4, 0.5) is 11.4 Å². The molecule has 2 amide bonds. The summed E-state index contributed by atoms with van der Waals surface area (Å²) in [6, 6.07) is 9.23. The molecule has 0 saturated carbocycles. The van der Waals surface area contributed by atoms with Gasteiger partial charge in [-0.3, -0.25) is 9.59 Å². The molecule has 0 radical (unpaired) electrons. The Labute approximate surface area is 138 Å². The van der Waals surface area contributed by atoms with E-state index < -0.39 is 5.38 Å². The molecule has 0 aliphatic heterocycles. The molecule has 0 bridgehead atoms. The highest BCUT2D eigenvalue weighted by Crippen LogP contribution is 2.25. The Hall–Kier alpha value is -1.85. The molecule has 0 aliphatic rings. The van der Waals surface area contributed by atoms with E-state index in [4.69, 9.17) is 11.6 Å². The number of amides is 2. The van der Waals surface area contributed by atoms with Gasteiger partial charge in [-0.2, -0.15) is 0 Å². The van der Waals surface area contributed by atoms with Crippen LogP contribution in [-0.2, 0) is 4.79 Å². The number of nitrogens with one attached hydrogen (secondary N) is 2. The normalized spacial score (nSPS) is 11.8. The smallest absolute Gasteiger partial charge is 0.267 e. The van der Waals surface area contributed by atoms with E-state index in [1.807, 2.05) is 38.1 Å². The summed E-state index contributed by atoms with van der Waals surface area (Å²) in [4.78, 5) is 24.7. The number of anilines is 2. The number of carbonyl (C=O) groups excluding carboxylic acids is 2. The lowest BCUT2D eigenvalue weighted by Gasteiger charge is -2.10. The Morgan fingerprint density at radius 3 is 2.59 bits per heavy atom. The molecule has 22 heavy (non-hydrogen) atoms. The van der Waals surface area contributed by atoms with E-state index in [-0.39, 0.29) is 11.8 Å². The van der Waals surface area contributed by atoms with Crippen molar-refractivity contribution in [1.29, 1.82) is 0 Å². The molecule has 0 aliphatic carbocycles. The fourth-order valence-corrected chi connectivity index (χ4v) is 2.67. The number of hydrogen-bond acceptors (Lipinski definition) is 3. The Morgan fingerprint density at radius 1 is 1.18 bits per heavy atom. The number of benzene rings is 1. The van der Waals surface area contributed by atoms with Gasteiger partial charge in [-0.05, 0) is 36.4 Å². The van der Waals surface area contributed by atoms with Gasteiger partial charge in [-0.1, -0.05) is 25.1 Å². The Kier molecular flexibility index (Phi) is 5.57. The van der Waals surface area contributed by atoms with E-state index in [1.165, 1.54) is 11.3 Å². The third-order valence-corrected chi connectivity index (χ3v) is 4.59. The van der Waals surface area contributed by atoms with Crippen LogP contribution in [0.25, 0.3) is 0 Å². The lowest BCUT2D eigenvalue weighted by molar-refractivity contribution is -0.115. The van der Waals surface area contributed by atoms with Crippen molar-refractivity contribution in [3.8, 4) is 0 Å². The number of halogens is 1. The molecule has 2 N–H and O–H groups in total. The largest absolute Gasteiger partial charge is 0.323 e. The molecule has 1 unspecified atom stereocenters. The van der Waals surface area contributed by atoms with Gasteiger partial charge in [-0.15, -0.1) is 22.9 Å². The molecule has 116 valence electrons. The zero-order valence-electron chi connectivity index (χ0n) is 12.4. The second kappa shape index (κ2) is 7.42. The lowest BCUT2D eigenvalue weighted by atomic mass is 10.2. The van der Waals surface area contributed by atoms with Crippen LogP contribution in [0.3, 0.4) is 0 Å². The van der Waals surface area contributed by atoms with E-state index in [0.29, 0.717) is 17.0 Å². The van der Waals surface area contributed by atoms with Gasteiger partial charge in [0.05, 0.1) is 5.69 Å². The highest BCUT2D eigenvalue weighted by Gasteiger charge is 2.19. The van der Waals surface area contributed by atoms with Crippen molar-refractivity contribution >= 4 is 46.1 Å². The van der Waals surface area contributed by atoms with Crippen molar-refractivity contribution in [2.75, 3.05) is 10.6 Å². The average molecular weight is 337 g/mol. The lowest BCUT2D eigenvalue weighted by Crippen LogP contribution is -2.23. The van der Waals surface area contributed by atoms with Gasteiger partial charge in [0.15, 0.2) is 0 Å². The summed E-state index contributed by atoms with van der Waals surface area (Å²) in [5, 5.41) is 6.71. The van der Waals surface area contributed by atoms with E-state index in [9.17, 15) is 9.59 Å². The summed E-state index contributed by atoms with van der Waals surface area (Å²) in [6.45, 7) is 3.75. The van der Waals surface area contributed by atoms with Crippen molar-refractivity contribution in [2.24, 2.45) is 0 Å². The summed E-state index contributed by atoms with van der Waals surface area (Å²) in [5.74, 6) is -0.547. The molecule has 2 aromatic rings. The second-order valence-electron chi connectivity index (χ2n) is 4.80. The number of carbonyl (C=O) groups is 2. The molecule has 0 fully saturated rings. The van der Waals surface area contributed by atoms with Crippen molar-refractivity contribution in [1.82, 2.24) is 0 Å². The first-order valence-corrected chi connectivity index (χ1v) is 8.24. The van der Waals surface area contributed by atoms with Gasteiger partial charge < -0.3 is 10.6 Å². The molecule has 1 atom stereocenters. The van der Waals surface area contributed by atoms with Crippen LogP contribution in [0.5, 0.6) is 0 Å². The van der Waals surface area contributed by atoms with Gasteiger partial charge >= 0.3 is 0 Å². The first-order valence-electron chi connectivity index (χ1n) is 6.92. The molecular weight excluding hydrogens is 320 g/mol. The maximum absolute atomic E-state index is 12.4. The number of aryl methyl sites for hydroxylation is 1. The molecule has 1 aromatic carbocycles. The molecule has 1 heterocycles. The Balaban J connectivity index is 2.13. The summed E-state index contributed by atoms with van der Waals surface area (Å²) in [5.41, 5.74) is 2.21. The molecule has 2 rings (SSSR count). The summed E-state index contributed by atoms with van der Waals surface area (Å²) < 4.78 is 0. The van der Waals surface area contributed by atoms with Crippen molar-refractivity contribution < 1.29 is 9.59 Å². The van der Waals surface area contributed by atoms with E-state index in [2.05, 4.69) is 10.6 Å². The zero-order valence-corrected chi connectivity index (χ0v) is 13.9. The minimum atomic E-state index is -0.604. The highest BCUT2D eigenvalue weighted by molar-refractivity contribution is 7.12. The van der Waals surface area contributed by atoms with Crippen LogP contribution >= 0.6 is 22.9 Å². The van der Waals surface area contributed by atoms with Crippen LogP contribution < -0.4 is 10.6 Å². The number of para-hydroxylation sites is 1. The molecule has 0 saturated heterocycles. The highest BCUT2D eigenvalue weighted by atomic mass is 35.5. The minimum absolute atomic E-state index is 0.248. The van der Waals surface area contributed by atoms with Crippen molar-refractivity contribution in [2.45, 2.75) is 25.6 Å². The van der Waals surface area contributed by atoms with Gasteiger partial charge in [0, 0.05) is 5.69 Å². The van der Waals surface area contributed by atoms with Crippen LogP contribution in [0.2, 0.25) is 0 Å². The summed E-state index contributed by atoms with van der Waals surface area (Å²) in [7, 11) is 0. The van der Waals surface area contributed by atoms with Gasteiger partial charge in [0.1, 0.15) is 10.3 Å². The molecule has 1 aromatic heterocycles. The predicted molar refractivity (Wildman–Crippen MR) is 92.0 cm³/mol. The maximum Gasteiger partial charge on any atom is 0.267 e. The third-order valence-electron chi connectivity index (χ3n) is 3.17. The first-order chi connectivity index (χ1) is 10.5. The molecule has 4 nitrogen and oxygen atoms in total. The fourth-order valence-electron chi connectivity index (χ4n) is 1.87. The maximum atomic E-state index is 12.4. The summed E-state index contributed by atoms with van der Waals surface area (Å²) >= 11 is 7.18. The third kappa shape index (κ3) is 3.87. The zero-order chi connectivity index (χ0) is 16.1. The van der Waals surface area contributed by atoms with Crippen molar-refractivity contribution in [3.05, 3.63) is 46.2 Å². The van der Waals surface area contributed by atoms with Crippen LogP contribution in [0.1, 0.15) is 28.6 Å². The van der Waals surface area contributed by atoms with Crippen LogP contribution in [0.15, 0.2) is 35.7 Å². The number of alkyl halides is 1. The minimum Gasteiger partial charge on any atom is -0.323 e. The van der Waals surface area contributed by atoms with Gasteiger partial charge in [0.2, 0.25) is 5.91 Å². The first kappa shape index (κ1) is 16.5. The topological polar surface area (TPSA) is 58.2 Å². The standard InChI is InChI=1S/C16H17ClN2O2S/c1-3-11(17)15(20)19-13-8-9-22-14(13)16(21)18-12-7-5-4-6-10(12)2/h4-9,11H,3H2,1-2H3,(H,18,21)(H,19,20). The number of rotatable bonds is 5. The Morgan fingerprint density at radius 2 is 1.91 bits per heavy atom. The summed E-state index contributed by atoms with van der Waals surface area (Å²) in [6.07, 6.45) is 0.530. The van der Waals surface area contributed by atoms with E-state index in [0.717, 1.165) is 11.3 Å². The SMILES string of the molecule is CCC(Cl)C(=O)Nc1ccsc1C(=O)Nc1ccccc1C. The quantitative estimate of drug-likeness (QED) is 0.801. The molecule has 0 spiro atoms. The molecule has 6 heteroatoms. The van der Waals surface area contributed by atoms with Gasteiger partial charge in [-0.25, -0.2) is 0 Å². The average Bonchev–Trinajstić information content (AvgIpc) is 2.96. The number of thiophene rings is 1.